The summed E-state index contributed by atoms with van der Waals surface area (Å²) in [6.45, 7) is 4.75. The summed E-state index contributed by atoms with van der Waals surface area (Å²) in [5.41, 5.74) is 0.909. The van der Waals surface area contributed by atoms with Crippen LogP contribution in [0.4, 0.5) is 0 Å². The maximum absolute atomic E-state index is 12.9. The molecule has 0 heterocycles. The fourth-order valence-corrected chi connectivity index (χ4v) is 6.24. The Bertz CT molecular complexity index is 662. The maximum atomic E-state index is 12.9. The Morgan fingerprint density at radius 1 is 1.00 bits per heavy atom. The molecule has 4 bridgehead atoms. The van der Waals surface area contributed by atoms with E-state index in [1.807, 2.05) is 32.0 Å². The molecule has 4 aliphatic rings. The lowest BCUT2D eigenvalue weighted by Crippen LogP contribution is -2.55. The first kappa shape index (κ1) is 18.5. The summed E-state index contributed by atoms with van der Waals surface area (Å²) in [6.07, 6.45) is 8.07. The lowest BCUT2D eigenvalue weighted by atomic mass is 9.49. The second-order valence-corrected chi connectivity index (χ2v) is 9.70. The van der Waals surface area contributed by atoms with Gasteiger partial charge in [0, 0.05) is 12.1 Å². The van der Waals surface area contributed by atoms with Crippen molar-refractivity contribution in [2.45, 2.75) is 58.4 Å². The quantitative estimate of drug-likeness (QED) is 0.803. The van der Waals surface area contributed by atoms with Gasteiger partial charge in [-0.05, 0) is 79.7 Å². The minimum absolute atomic E-state index is 0.0370. The number of benzene rings is 1. The molecule has 146 valence electrons. The number of hydrogen-bond acceptors (Lipinski definition) is 2. The van der Waals surface area contributed by atoms with E-state index < -0.39 is 6.04 Å². The van der Waals surface area contributed by atoms with Crippen LogP contribution in [0.1, 0.15) is 62.7 Å². The predicted octanol–water partition coefficient (Wildman–Crippen LogP) is 3.77. The van der Waals surface area contributed by atoms with Crippen LogP contribution in [0.5, 0.6) is 0 Å². The highest BCUT2D eigenvalue weighted by atomic mass is 16.2. The average molecular weight is 369 g/mol. The molecule has 4 aliphatic carbocycles. The normalized spacial score (nSPS) is 32.3. The first-order valence-corrected chi connectivity index (χ1v) is 10.6. The third-order valence-electron chi connectivity index (χ3n) is 7.07. The Kier molecular flexibility index (Phi) is 5.00. The molecule has 4 fully saturated rings. The van der Waals surface area contributed by atoms with Gasteiger partial charge in [0.15, 0.2) is 0 Å². The van der Waals surface area contributed by atoms with E-state index in [-0.39, 0.29) is 17.7 Å². The molecule has 4 nitrogen and oxygen atoms in total. The van der Waals surface area contributed by atoms with Crippen LogP contribution in [0, 0.1) is 29.1 Å². The third-order valence-corrected chi connectivity index (χ3v) is 7.07. The summed E-state index contributed by atoms with van der Waals surface area (Å²) in [5.74, 6) is 2.48. The molecule has 0 aliphatic heterocycles. The van der Waals surface area contributed by atoms with E-state index in [0.29, 0.717) is 11.0 Å². The van der Waals surface area contributed by atoms with Crippen LogP contribution in [0.25, 0.3) is 0 Å². The Morgan fingerprint density at radius 3 is 2.07 bits per heavy atom. The minimum atomic E-state index is -0.494. The van der Waals surface area contributed by atoms with E-state index in [1.165, 1.54) is 38.5 Å². The molecule has 4 saturated carbocycles. The van der Waals surface area contributed by atoms with E-state index >= 15 is 0 Å². The van der Waals surface area contributed by atoms with E-state index in [9.17, 15) is 9.59 Å². The lowest BCUT2D eigenvalue weighted by Gasteiger charge is -2.57. The fourth-order valence-electron chi connectivity index (χ4n) is 6.24. The van der Waals surface area contributed by atoms with Crippen LogP contribution in [-0.4, -0.2) is 24.4 Å². The van der Waals surface area contributed by atoms with Gasteiger partial charge in [-0.15, -0.1) is 0 Å². The number of rotatable bonds is 6. The summed E-state index contributed by atoms with van der Waals surface area (Å²) in [5, 5.41) is 6.16. The number of nitrogens with one attached hydrogen (secondary N) is 2. The average Bonchev–Trinajstić information content (AvgIpc) is 2.63. The van der Waals surface area contributed by atoms with Gasteiger partial charge < -0.3 is 10.6 Å². The molecule has 1 aromatic carbocycles. The van der Waals surface area contributed by atoms with Crippen LogP contribution < -0.4 is 10.6 Å². The summed E-state index contributed by atoms with van der Waals surface area (Å²) >= 11 is 0. The van der Waals surface area contributed by atoms with Gasteiger partial charge in [0.1, 0.15) is 6.04 Å². The van der Waals surface area contributed by atoms with Crippen molar-refractivity contribution >= 4 is 11.8 Å². The van der Waals surface area contributed by atoms with Gasteiger partial charge in [-0.2, -0.15) is 0 Å². The molecule has 0 aromatic heterocycles. The fraction of sp³-hybridized carbons (Fsp3) is 0.652. The Labute approximate surface area is 162 Å². The van der Waals surface area contributed by atoms with Gasteiger partial charge in [0.2, 0.25) is 5.91 Å². The number of carbonyl (C=O) groups excluding carboxylic acids is 2. The van der Waals surface area contributed by atoms with Gasteiger partial charge >= 0.3 is 0 Å². The summed E-state index contributed by atoms with van der Waals surface area (Å²) in [7, 11) is 0. The first-order valence-electron chi connectivity index (χ1n) is 10.6. The number of amides is 2. The van der Waals surface area contributed by atoms with E-state index in [1.54, 1.807) is 12.1 Å². The van der Waals surface area contributed by atoms with Gasteiger partial charge in [0.05, 0.1) is 0 Å². The topological polar surface area (TPSA) is 58.2 Å². The molecule has 2 amide bonds. The van der Waals surface area contributed by atoms with E-state index in [0.717, 1.165) is 24.3 Å². The molecule has 0 spiro atoms. The SMILES string of the molecule is CC(C)C(NC(=O)c1ccccc1)C(=O)NCC12CC3CC(CC(C3)C1)C2. The van der Waals surface area contributed by atoms with Crippen molar-refractivity contribution in [3.05, 3.63) is 35.9 Å². The summed E-state index contributed by atoms with van der Waals surface area (Å²) in [6, 6.07) is 8.63. The molecular formula is C23H32N2O2. The molecule has 4 heteroatoms. The lowest BCUT2D eigenvalue weighted by molar-refractivity contribution is -0.126. The van der Waals surface area contributed by atoms with E-state index in [4.69, 9.17) is 0 Å². The smallest absolute Gasteiger partial charge is 0.251 e. The van der Waals surface area contributed by atoms with Crippen molar-refractivity contribution in [1.82, 2.24) is 10.6 Å². The second kappa shape index (κ2) is 7.29. The highest BCUT2D eigenvalue weighted by molar-refractivity contribution is 5.97. The van der Waals surface area contributed by atoms with Crippen LogP contribution >= 0.6 is 0 Å². The highest BCUT2D eigenvalue weighted by Crippen LogP contribution is 2.59. The zero-order chi connectivity index (χ0) is 19.0. The highest BCUT2D eigenvalue weighted by Gasteiger charge is 2.50. The molecule has 5 rings (SSSR count). The van der Waals surface area contributed by atoms with Crippen molar-refractivity contribution in [3.8, 4) is 0 Å². The number of hydrogen-bond donors (Lipinski definition) is 2. The molecular weight excluding hydrogens is 336 g/mol. The van der Waals surface area contributed by atoms with Crippen LogP contribution in [0.3, 0.4) is 0 Å². The summed E-state index contributed by atoms with van der Waals surface area (Å²) in [4.78, 5) is 25.4. The monoisotopic (exact) mass is 368 g/mol. The maximum Gasteiger partial charge on any atom is 0.251 e. The molecule has 1 atom stereocenters. The van der Waals surface area contributed by atoms with Gasteiger partial charge in [-0.3, -0.25) is 9.59 Å². The van der Waals surface area contributed by atoms with Crippen molar-refractivity contribution in [2.24, 2.45) is 29.1 Å². The minimum Gasteiger partial charge on any atom is -0.354 e. The van der Waals surface area contributed by atoms with Gasteiger partial charge in [-0.25, -0.2) is 0 Å². The van der Waals surface area contributed by atoms with Crippen molar-refractivity contribution in [3.63, 3.8) is 0 Å². The molecule has 0 radical (unpaired) electrons. The molecule has 2 N–H and O–H groups in total. The molecule has 27 heavy (non-hydrogen) atoms. The first-order chi connectivity index (χ1) is 12.9. The van der Waals surface area contributed by atoms with Crippen LogP contribution in [-0.2, 0) is 4.79 Å². The Morgan fingerprint density at radius 2 is 1.56 bits per heavy atom. The van der Waals surface area contributed by atoms with E-state index in [2.05, 4.69) is 10.6 Å². The van der Waals surface area contributed by atoms with Crippen molar-refractivity contribution in [1.29, 1.82) is 0 Å². The predicted molar refractivity (Wildman–Crippen MR) is 106 cm³/mol. The zero-order valence-corrected chi connectivity index (χ0v) is 16.5. The molecule has 1 aromatic rings. The number of carbonyl (C=O) groups is 2. The largest absolute Gasteiger partial charge is 0.354 e. The van der Waals surface area contributed by atoms with Crippen LogP contribution in [0.2, 0.25) is 0 Å². The summed E-state index contributed by atoms with van der Waals surface area (Å²) < 4.78 is 0. The Balaban J connectivity index is 1.37. The van der Waals surface area contributed by atoms with Gasteiger partial charge in [0.25, 0.3) is 5.91 Å². The van der Waals surface area contributed by atoms with Crippen LogP contribution in [0.15, 0.2) is 30.3 Å². The molecule has 1 unspecified atom stereocenters. The zero-order valence-electron chi connectivity index (χ0n) is 16.5. The Hall–Kier alpha value is -1.84. The van der Waals surface area contributed by atoms with Gasteiger partial charge in [-0.1, -0.05) is 32.0 Å². The third kappa shape index (κ3) is 3.90. The van der Waals surface area contributed by atoms with Crippen molar-refractivity contribution in [2.75, 3.05) is 6.54 Å². The standard InChI is InChI=1S/C23H32N2O2/c1-15(2)20(25-21(26)19-6-4-3-5-7-19)22(27)24-14-23-11-16-8-17(12-23)10-18(9-16)13-23/h3-7,15-18,20H,8-14H2,1-2H3,(H,24,27)(H,25,26). The van der Waals surface area contributed by atoms with Crippen molar-refractivity contribution < 1.29 is 9.59 Å². The molecule has 0 saturated heterocycles. The second-order valence-electron chi connectivity index (χ2n) is 9.70.